The van der Waals surface area contributed by atoms with Crippen molar-refractivity contribution in [1.82, 2.24) is 15.2 Å². The quantitative estimate of drug-likeness (QED) is 0.185. The van der Waals surface area contributed by atoms with E-state index in [2.05, 4.69) is 185 Å². The highest BCUT2D eigenvalue weighted by Crippen LogP contribution is 2.42. The molecule has 6 nitrogen and oxygen atoms in total. The van der Waals surface area contributed by atoms with Crippen molar-refractivity contribution < 1.29 is 8.83 Å². The SMILES string of the molecule is c1ccc(C2N=C(c3ccc4oc5c(-c6ccc7oc8cccc(-n9c%10ccccc%10c%10ccccc%109)c8c7c6)cccc5c4c3)NC(c3ccccc3)N2)cc1. The fourth-order valence-corrected chi connectivity index (χ4v) is 8.85. The highest BCUT2D eigenvalue weighted by Gasteiger charge is 2.26. The van der Waals surface area contributed by atoms with Crippen LogP contribution in [0.5, 0.6) is 0 Å². The van der Waals surface area contributed by atoms with Crippen molar-refractivity contribution in [2.75, 3.05) is 0 Å². The summed E-state index contributed by atoms with van der Waals surface area (Å²) in [6.45, 7) is 0. The van der Waals surface area contributed by atoms with Crippen LogP contribution in [0, 0.1) is 0 Å². The van der Waals surface area contributed by atoms with Gasteiger partial charge in [-0.3, -0.25) is 5.32 Å². The molecule has 1 aliphatic rings. The molecule has 8 aromatic carbocycles. The van der Waals surface area contributed by atoms with E-state index in [1.807, 2.05) is 12.1 Å². The Morgan fingerprint density at radius 3 is 1.88 bits per heavy atom. The van der Waals surface area contributed by atoms with Gasteiger partial charge in [-0.15, -0.1) is 0 Å². The minimum absolute atomic E-state index is 0.114. The second-order valence-electron chi connectivity index (χ2n) is 14.8. The van der Waals surface area contributed by atoms with Gasteiger partial charge in [-0.25, -0.2) is 4.99 Å². The van der Waals surface area contributed by atoms with Crippen molar-refractivity contribution in [3.8, 4) is 16.8 Å². The molecule has 11 aromatic rings. The summed E-state index contributed by atoms with van der Waals surface area (Å²) in [5, 5.41) is 14.1. The summed E-state index contributed by atoms with van der Waals surface area (Å²) in [6, 6.07) is 63.7. The molecule has 2 N–H and O–H groups in total. The molecule has 0 saturated heterocycles. The first-order valence-corrected chi connectivity index (χ1v) is 19.4. The maximum Gasteiger partial charge on any atom is 0.143 e. The summed E-state index contributed by atoms with van der Waals surface area (Å²) in [5.74, 6) is 0.834. The Labute approximate surface area is 327 Å². The zero-order valence-electron chi connectivity index (χ0n) is 30.7. The monoisotopic (exact) mass is 734 g/mol. The molecule has 0 bridgehead atoms. The summed E-state index contributed by atoms with van der Waals surface area (Å²) in [5.41, 5.74) is 12.2. The molecule has 4 heterocycles. The fourth-order valence-electron chi connectivity index (χ4n) is 8.85. The summed E-state index contributed by atoms with van der Waals surface area (Å²) >= 11 is 0. The van der Waals surface area contributed by atoms with Gasteiger partial charge >= 0.3 is 0 Å². The van der Waals surface area contributed by atoms with Crippen LogP contribution in [0.4, 0.5) is 0 Å². The van der Waals surface area contributed by atoms with Gasteiger partial charge < -0.3 is 18.7 Å². The standard InChI is InChI=1S/C51H34N4O2/c1-3-13-31(14-4-1)49-52-50(32-15-5-2-6-16-32)54-51(53-49)34-26-28-44-39(30-34)38-20-11-19-35(48(38)57-44)33-25-27-45-40(29-33)47-43(23-12-24-46(47)56-45)55-41-21-9-7-17-36(41)37-18-8-10-22-42(37)55/h1-30,49-50,52H,(H,53,54). The van der Waals surface area contributed by atoms with Gasteiger partial charge in [0.05, 0.1) is 22.1 Å². The zero-order chi connectivity index (χ0) is 37.5. The Hall–Kier alpha value is -7.41. The molecule has 0 spiro atoms. The van der Waals surface area contributed by atoms with Crippen LogP contribution in [0.25, 0.3) is 82.5 Å². The molecule has 0 amide bonds. The largest absolute Gasteiger partial charge is 0.456 e. The van der Waals surface area contributed by atoms with Gasteiger partial charge in [0.25, 0.3) is 0 Å². The average molecular weight is 735 g/mol. The maximum absolute atomic E-state index is 6.72. The lowest BCUT2D eigenvalue weighted by Gasteiger charge is -2.32. The van der Waals surface area contributed by atoms with Crippen molar-refractivity contribution in [3.05, 3.63) is 199 Å². The van der Waals surface area contributed by atoms with E-state index in [9.17, 15) is 0 Å². The first kappa shape index (κ1) is 31.9. The van der Waals surface area contributed by atoms with Gasteiger partial charge in [0.2, 0.25) is 0 Å². The van der Waals surface area contributed by atoms with Crippen molar-refractivity contribution >= 4 is 71.5 Å². The third-order valence-electron chi connectivity index (χ3n) is 11.5. The minimum Gasteiger partial charge on any atom is -0.456 e. The van der Waals surface area contributed by atoms with Crippen LogP contribution < -0.4 is 10.6 Å². The van der Waals surface area contributed by atoms with Gasteiger partial charge in [-0.2, -0.15) is 0 Å². The van der Waals surface area contributed by atoms with Crippen molar-refractivity contribution in [1.29, 1.82) is 0 Å². The smallest absolute Gasteiger partial charge is 0.143 e. The van der Waals surface area contributed by atoms with Gasteiger partial charge in [-0.05, 0) is 71.3 Å². The van der Waals surface area contributed by atoms with Crippen LogP contribution >= 0.6 is 0 Å². The predicted octanol–water partition coefficient (Wildman–Crippen LogP) is 12.6. The first-order valence-electron chi connectivity index (χ1n) is 19.4. The zero-order valence-corrected chi connectivity index (χ0v) is 30.7. The molecule has 2 atom stereocenters. The molecule has 6 heteroatoms. The van der Waals surface area contributed by atoms with E-state index in [-0.39, 0.29) is 12.3 Å². The lowest BCUT2D eigenvalue weighted by atomic mass is 9.99. The molecular weight excluding hydrogens is 701 g/mol. The normalized spacial score (nSPS) is 15.9. The van der Waals surface area contributed by atoms with E-state index >= 15 is 0 Å². The Balaban J connectivity index is 0.991. The van der Waals surface area contributed by atoms with E-state index in [1.54, 1.807) is 0 Å². The van der Waals surface area contributed by atoms with Gasteiger partial charge in [0.1, 0.15) is 40.5 Å². The number of para-hydroxylation sites is 3. The van der Waals surface area contributed by atoms with Crippen LogP contribution in [0.1, 0.15) is 29.0 Å². The second-order valence-corrected chi connectivity index (χ2v) is 14.8. The van der Waals surface area contributed by atoms with Crippen LogP contribution in [0.15, 0.2) is 196 Å². The third kappa shape index (κ3) is 5.04. The lowest BCUT2D eigenvalue weighted by Crippen LogP contribution is -2.44. The highest BCUT2D eigenvalue weighted by molar-refractivity contribution is 6.16. The van der Waals surface area contributed by atoms with E-state index in [4.69, 9.17) is 13.8 Å². The van der Waals surface area contributed by atoms with E-state index in [0.29, 0.717) is 0 Å². The summed E-state index contributed by atoms with van der Waals surface area (Å²) in [7, 11) is 0. The molecular formula is C51H34N4O2. The number of nitrogens with zero attached hydrogens (tertiary/aromatic N) is 2. The highest BCUT2D eigenvalue weighted by atomic mass is 16.3. The number of amidine groups is 1. The molecule has 0 radical (unpaired) electrons. The molecule has 270 valence electrons. The molecule has 0 saturated carbocycles. The molecule has 0 aliphatic carbocycles. The molecule has 1 aliphatic heterocycles. The third-order valence-corrected chi connectivity index (χ3v) is 11.5. The van der Waals surface area contributed by atoms with Crippen molar-refractivity contribution in [2.24, 2.45) is 4.99 Å². The lowest BCUT2D eigenvalue weighted by molar-refractivity contribution is 0.409. The molecule has 0 fully saturated rings. The van der Waals surface area contributed by atoms with E-state index in [0.717, 1.165) is 83.2 Å². The molecule has 3 aromatic heterocycles. The Morgan fingerprint density at radius 1 is 0.474 bits per heavy atom. The average Bonchev–Trinajstić information content (AvgIpc) is 3.96. The number of hydrogen-bond donors (Lipinski definition) is 2. The van der Waals surface area contributed by atoms with Crippen molar-refractivity contribution in [3.63, 3.8) is 0 Å². The summed E-state index contributed by atoms with van der Waals surface area (Å²) in [6.07, 6.45) is -0.322. The minimum atomic E-state index is -0.208. The number of furan rings is 2. The van der Waals surface area contributed by atoms with E-state index in [1.165, 1.54) is 21.8 Å². The molecule has 57 heavy (non-hydrogen) atoms. The van der Waals surface area contributed by atoms with Gasteiger partial charge in [0.15, 0.2) is 0 Å². The number of hydrogen-bond acceptors (Lipinski definition) is 5. The summed E-state index contributed by atoms with van der Waals surface area (Å²) < 4.78 is 15.6. The summed E-state index contributed by atoms with van der Waals surface area (Å²) in [4.78, 5) is 5.20. The number of benzene rings is 8. The van der Waals surface area contributed by atoms with Gasteiger partial charge in [0, 0.05) is 38.1 Å². The number of aliphatic imine (C=N–C) groups is 1. The number of rotatable bonds is 5. The number of fused-ring (bicyclic) bond motifs is 9. The molecule has 12 rings (SSSR count). The molecule has 2 unspecified atom stereocenters. The van der Waals surface area contributed by atoms with E-state index < -0.39 is 0 Å². The van der Waals surface area contributed by atoms with Crippen LogP contribution in [0.2, 0.25) is 0 Å². The number of nitrogens with one attached hydrogen (secondary N) is 2. The topological polar surface area (TPSA) is 67.6 Å². The first-order chi connectivity index (χ1) is 28.2. The fraction of sp³-hybridized carbons (Fsp3) is 0.0392. The van der Waals surface area contributed by atoms with Crippen LogP contribution in [0.3, 0.4) is 0 Å². The second kappa shape index (κ2) is 12.6. The van der Waals surface area contributed by atoms with Crippen LogP contribution in [-0.4, -0.2) is 10.4 Å². The maximum atomic E-state index is 6.72. The van der Waals surface area contributed by atoms with Crippen molar-refractivity contribution in [2.45, 2.75) is 12.3 Å². The predicted molar refractivity (Wildman–Crippen MR) is 232 cm³/mol. The Kier molecular flexibility index (Phi) is 7.03. The number of aromatic nitrogens is 1. The Bertz CT molecular complexity index is 3320. The van der Waals surface area contributed by atoms with Gasteiger partial charge in [-0.1, -0.05) is 127 Å². The van der Waals surface area contributed by atoms with Crippen LogP contribution in [-0.2, 0) is 0 Å². The Morgan fingerprint density at radius 2 is 1.11 bits per heavy atom.